The number of benzene rings is 2. The van der Waals surface area contributed by atoms with Gasteiger partial charge in [-0.2, -0.15) is 0 Å². The molecule has 0 aliphatic carbocycles. The average Bonchev–Trinajstić information content (AvgIpc) is 2.81. The number of Topliss-reactive ketones (excluding diaryl/α,β-unsaturated/α-hetero) is 1. The normalized spacial score (nSPS) is 22.8. The lowest BCUT2D eigenvalue weighted by Crippen LogP contribution is -2.55. The summed E-state index contributed by atoms with van der Waals surface area (Å²) < 4.78 is 5.64. The monoisotopic (exact) mass is 414 g/mol. The number of ether oxygens (including phenoxy) is 1. The van der Waals surface area contributed by atoms with Gasteiger partial charge in [0, 0.05) is 35.1 Å². The third-order valence-electron chi connectivity index (χ3n) is 6.67. The summed E-state index contributed by atoms with van der Waals surface area (Å²) in [7, 11) is 0. The van der Waals surface area contributed by atoms with Crippen molar-refractivity contribution in [2.45, 2.75) is 50.8 Å². The van der Waals surface area contributed by atoms with Crippen LogP contribution >= 0.6 is 0 Å². The lowest BCUT2D eigenvalue weighted by atomic mass is 9.75. The Morgan fingerprint density at radius 2 is 1.71 bits per heavy atom. The van der Waals surface area contributed by atoms with E-state index in [0.717, 1.165) is 41.3 Å². The SMILES string of the molecule is O=C(c1cccc2ncccc12)C1CC2CCCC(C1)N2C(=O)OCc1ccccc1. The minimum Gasteiger partial charge on any atom is -0.445 e. The molecule has 0 radical (unpaired) electrons. The van der Waals surface area contributed by atoms with E-state index in [1.54, 1.807) is 6.20 Å². The summed E-state index contributed by atoms with van der Waals surface area (Å²) in [6.45, 7) is 0.279. The van der Waals surface area contributed by atoms with Gasteiger partial charge in [0.1, 0.15) is 6.61 Å². The van der Waals surface area contributed by atoms with E-state index in [1.807, 2.05) is 65.6 Å². The zero-order chi connectivity index (χ0) is 21.2. The van der Waals surface area contributed by atoms with E-state index in [9.17, 15) is 9.59 Å². The molecule has 2 aliphatic rings. The Balaban J connectivity index is 1.31. The molecule has 3 aromatic rings. The van der Waals surface area contributed by atoms with Crippen LogP contribution in [0, 0.1) is 5.92 Å². The molecule has 3 heterocycles. The molecule has 2 fully saturated rings. The van der Waals surface area contributed by atoms with Crippen molar-refractivity contribution in [3.05, 3.63) is 78.0 Å². The Bertz CT molecular complexity index is 1080. The lowest BCUT2D eigenvalue weighted by Gasteiger charge is -2.47. The van der Waals surface area contributed by atoms with Crippen molar-refractivity contribution in [3.63, 3.8) is 0 Å². The van der Waals surface area contributed by atoms with Gasteiger partial charge in [-0.15, -0.1) is 0 Å². The molecule has 2 bridgehead atoms. The van der Waals surface area contributed by atoms with Crippen molar-refractivity contribution >= 4 is 22.8 Å². The Morgan fingerprint density at radius 1 is 0.935 bits per heavy atom. The molecule has 1 amide bonds. The second-order valence-electron chi connectivity index (χ2n) is 8.59. The summed E-state index contributed by atoms with van der Waals surface area (Å²) in [5.74, 6) is 0.104. The number of carbonyl (C=O) groups is 2. The predicted molar refractivity (Wildman–Crippen MR) is 119 cm³/mol. The van der Waals surface area contributed by atoms with Crippen LogP contribution in [0.2, 0.25) is 0 Å². The molecular weight excluding hydrogens is 388 g/mol. The maximum atomic E-state index is 13.5. The van der Waals surface area contributed by atoms with Gasteiger partial charge >= 0.3 is 6.09 Å². The Kier molecular flexibility index (Phi) is 5.41. The quantitative estimate of drug-likeness (QED) is 0.537. The van der Waals surface area contributed by atoms with Crippen molar-refractivity contribution in [2.75, 3.05) is 0 Å². The highest BCUT2D eigenvalue weighted by molar-refractivity contribution is 6.08. The number of ketones is 1. The topological polar surface area (TPSA) is 59.5 Å². The maximum Gasteiger partial charge on any atom is 0.410 e. The third kappa shape index (κ3) is 3.92. The molecule has 1 aromatic heterocycles. The van der Waals surface area contributed by atoms with Crippen LogP contribution in [0.4, 0.5) is 4.79 Å². The number of hydrogen-bond acceptors (Lipinski definition) is 4. The van der Waals surface area contributed by atoms with Crippen molar-refractivity contribution in [3.8, 4) is 0 Å². The minimum atomic E-state index is -0.251. The highest BCUT2D eigenvalue weighted by Crippen LogP contribution is 2.39. The van der Waals surface area contributed by atoms with Gasteiger partial charge in [-0.3, -0.25) is 9.78 Å². The van der Waals surface area contributed by atoms with Crippen LogP contribution in [0.1, 0.15) is 48.0 Å². The highest BCUT2D eigenvalue weighted by atomic mass is 16.6. The first-order valence-electron chi connectivity index (χ1n) is 11.1. The second-order valence-corrected chi connectivity index (χ2v) is 8.59. The number of rotatable bonds is 4. The molecule has 2 saturated heterocycles. The first-order valence-corrected chi connectivity index (χ1v) is 11.1. The van der Waals surface area contributed by atoms with Gasteiger partial charge in [0.15, 0.2) is 5.78 Å². The van der Waals surface area contributed by atoms with Gasteiger partial charge in [-0.1, -0.05) is 48.5 Å². The van der Waals surface area contributed by atoms with Crippen LogP contribution in [0.15, 0.2) is 66.9 Å². The van der Waals surface area contributed by atoms with Crippen LogP contribution in [0.5, 0.6) is 0 Å². The summed E-state index contributed by atoms with van der Waals surface area (Å²) >= 11 is 0. The molecule has 5 nitrogen and oxygen atoms in total. The molecule has 31 heavy (non-hydrogen) atoms. The molecule has 2 aliphatic heterocycles. The summed E-state index contributed by atoms with van der Waals surface area (Å²) in [4.78, 5) is 32.7. The van der Waals surface area contributed by atoms with Crippen LogP contribution < -0.4 is 0 Å². The van der Waals surface area contributed by atoms with Crippen LogP contribution in [-0.4, -0.2) is 33.8 Å². The van der Waals surface area contributed by atoms with E-state index in [2.05, 4.69) is 4.98 Å². The number of aromatic nitrogens is 1. The van der Waals surface area contributed by atoms with Gasteiger partial charge < -0.3 is 9.64 Å². The standard InChI is InChI=1S/C26H26N2O3/c29-25(23-11-5-13-24-22(23)12-6-14-27-24)19-15-20-9-4-10-21(16-19)28(20)26(30)31-17-18-7-2-1-3-8-18/h1-3,5-8,11-14,19-21H,4,9-10,15-17H2. The lowest BCUT2D eigenvalue weighted by molar-refractivity contribution is 0.00476. The number of fused-ring (bicyclic) bond motifs is 3. The zero-order valence-corrected chi connectivity index (χ0v) is 17.4. The third-order valence-corrected chi connectivity index (χ3v) is 6.67. The molecule has 2 aromatic carbocycles. The van der Waals surface area contributed by atoms with Crippen molar-refractivity contribution < 1.29 is 14.3 Å². The summed E-state index contributed by atoms with van der Waals surface area (Å²) in [6, 6.07) is 19.5. The van der Waals surface area contributed by atoms with E-state index < -0.39 is 0 Å². The average molecular weight is 415 g/mol. The molecule has 2 atom stereocenters. The van der Waals surface area contributed by atoms with Crippen LogP contribution in [-0.2, 0) is 11.3 Å². The van der Waals surface area contributed by atoms with E-state index >= 15 is 0 Å². The zero-order valence-electron chi connectivity index (χ0n) is 17.4. The Labute approximate surface area is 182 Å². The van der Waals surface area contributed by atoms with Crippen molar-refractivity contribution in [1.29, 1.82) is 0 Å². The number of amides is 1. The molecule has 0 saturated carbocycles. The van der Waals surface area contributed by atoms with E-state index in [1.165, 1.54) is 0 Å². The number of nitrogens with zero attached hydrogens (tertiary/aromatic N) is 2. The fourth-order valence-corrected chi connectivity index (χ4v) is 5.23. The maximum absolute atomic E-state index is 13.5. The predicted octanol–water partition coefficient (Wildman–Crippen LogP) is 5.39. The van der Waals surface area contributed by atoms with Gasteiger partial charge in [0.25, 0.3) is 0 Å². The fourth-order valence-electron chi connectivity index (χ4n) is 5.23. The summed E-state index contributed by atoms with van der Waals surface area (Å²) in [6.07, 6.45) is 5.85. The second kappa shape index (κ2) is 8.50. The summed E-state index contributed by atoms with van der Waals surface area (Å²) in [5, 5.41) is 0.907. The number of carbonyl (C=O) groups excluding carboxylic acids is 2. The van der Waals surface area contributed by atoms with Crippen molar-refractivity contribution in [1.82, 2.24) is 9.88 Å². The minimum absolute atomic E-state index is 0.0674. The fraction of sp³-hybridized carbons (Fsp3) is 0.346. The molecule has 158 valence electrons. The molecule has 5 heteroatoms. The molecule has 0 N–H and O–H groups in total. The first kappa shape index (κ1) is 19.7. The van der Waals surface area contributed by atoms with Crippen molar-refractivity contribution in [2.24, 2.45) is 5.92 Å². The van der Waals surface area contributed by atoms with Crippen LogP contribution in [0.25, 0.3) is 10.9 Å². The van der Waals surface area contributed by atoms with E-state index in [-0.39, 0.29) is 36.5 Å². The number of hydrogen-bond donors (Lipinski definition) is 0. The highest BCUT2D eigenvalue weighted by Gasteiger charge is 2.43. The molecule has 2 unspecified atom stereocenters. The number of pyridine rings is 1. The van der Waals surface area contributed by atoms with Gasteiger partial charge in [-0.25, -0.2) is 4.79 Å². The Morgan fingerprint density at radius 3 is 2.48 bits per heavy atom. The summed E-state index contributed by atoms with van der Waals surface area (Å²) in [5.41, 5.74) is 2.57. The van der Waals surface area contributed by atoms with E-state index in [0.29, 0.717) is 12.8 Å². The molecule has 0 spiro atoms. The van der Waals surface area contributed by atoms with Gasteiger partial charge in [-0.05, 0) is 49.8 Å². The molecule has 5 rings (SSSR count). The van der Waals surface area contributed by atoms with E-state index in [4.69, 9.17) is 4.74 Å². The van der Waals surface area contributed by atoms with Gasteiger partial charge in [0.05, 0.1) is 5.52 Å². The Hall–Kier alpha value is -3.21. The van der Waals surface area contributed by atoms with Crippen LogP contribution in [0.3, 0.4) is 0 Å². The largest absolute Gasteiger partial charge is 0.445 e. The first-order chi connectivity index (χ1) is 15.2. The van der Waals surface area contributed by atoms with Gasteiger partial charge in [0.2, 0.25) is 0 Å². The smallest absolute Gasteiger partial charge is 0.410 e. The number of piperidine rings is 2. The molecular formula is C26H26N2O3.